The van der Waals surface area contributed by atoms with E-state index in [2.05, 4.69) is 83.4 Å². The summed E-state index contributed by atoms with van der Waals surface area (Å²) in [4.78, 5) is 18.9. The lowest BCUT2D eigenvalue weighted by Gasteiger charge is -2.31. The minimum absolute atomic E-state index is 0.107. The minimum Gasteiger partial charge on any atom is -0.357 e. The van der Waals surface area contributed by atoms with Crippen LogP contribution in [-0.4, -0.2) is 31.7 Å². The summed E-state index contributed by atoms with van der Waals surface area (Å²) in [6.45, 7) is 11.1. The molecule has 0 aliphatic carbocycles. The molecular formula is C25H28N6O. The third-order valence-corrected chi connectivity index (χ3v) is 6.48. The number of nitrogens with zero attached hydrogens (tertiary/aromatic N) is 5. The number of rotatable bonds is 3. The molecule has 0 saturated carbocycles. The van der Waals surface area contributed by atoms with E-state index < -0.39 is 6.04 Å². The van der Waals surface area contributed by atoms with Gasteiger partial charge in [0.15, 0.2) is 5.82 Å². The number of nitrogens with one attached hydrogen (secondary N) is 1. The van der Waals surface area contributed by atoms with Gasteiger partial charge in [0, 0.05) is 17.8 Å². The van der Waals surface area contributed by atoms with E-state index in [0.29, 0.717) is 11.4 Å². The molecule has 0 amide bonds. The first kappa shape index (κ1) is 20.4. The fraction of sp³-hybridized carbons (Fsp3) is 0.360. The zero-order chi connectivity index (χ0) is 22.6. The summed E-state index contributed by atoms with van der Waals surface area (Å²) < 4.78 is 1.84. The summed E-state index contributed by atoms with van der Waals surface area (Å²) in [5, 5.41) is 13.7. The number of aromatic nitrogens is 5. The second kappa shape index (κ2) is 7.29. The van der Waals surface area contributed by atoms with Gasteiger partial charge in [-0.3, -0.25) is 4.79 Å². The van der Waals surface area contributed by atoms with Crippen molar-refractivity contribution in [3.05, 3.63) is 80.9 Å². The minimum atomic E-state index is -0.400. The van der Waals surface area contributed by atoms with Gasteiger partial charge in [0.2, 0.25) is 0 Å². The highest BCUT2D eigenvalue weighted by atomic mass is 16.1. The van der Waals surface area contributed by atoms with E-state index in [1.165, 1.54) is 5.56 Å². The lowest BCUT2D eigenvalue weighted by atomic mass is 9.99. The smallest absolute Gasteiger partial charge is 0.254 e. The number of fused-ring (bicyclic) bond motifs is 2. The number of pyridine rings is 1. The molecule has 1 aliphatic rings. The van der Waals surface area contributed by atoms with E-state index in [9.17, 15) is 4.79 Å². The Labute approximate surface area is 187 Å². The number of hydrogen-bond donors (Lipinski definition) is 1. The van der Waals surface area contributed by atoms with Crippen LogP contribution in [0.4, 0.5) is 5.69 Å². The molecule has 5 rings (SSSR count). The van der Waals surface area contributed by atoms with Crippen molar-refractivity contribution in [1.82, 2.24) is 25.2 Å². The summed E-state index contributed by atoms with van der Waals surface area (Å²) in [7, 11) is 0. The standard InChI is InChI=1S/C25H28N6O/c1-15-10-11-18-14-19(24(32)26-21(18)16(15)2)22(23-27-28-29-31(23)25(3,4)5)30-13-12-17-8-6-7-9-20(17)30/h6-11,14,22H,12-13H2,1-5H3,(H,26,32)/t22-/m1/s1. The monoisotopic (exact) mass is 428 g/mol. The van der Waals surface area contributed by atoms with E-state index in [0.717, 1.165) is 40.7 Å². The molecule has 0 unspecified atom stereocenters. The van der Waals surface area contributed by atoms with Crippen molar-refractivity contribution >= 4 is 16.6 Å². The molecular weight excluding hydrogens is 400 g/mol. The first-order valence-corrected chi connectivity index (χ1v) is 11.0. The van der Waals surface area contributed by atoms with Gasteiger partial charge in [-0.2, -0.15) is 0 Å². The van der Waals surface area contributed by atoms with Gasteiger partial charge in [0.05, 0.1) is 11.1 Å². The number of benzene rings is 2. The molecule has 1 aliphatic heterocycles. The van der Waals surface area contributed by atoms with Crippen LogP contribution in [0.1, 0.15) is 54.9 Å². The van der Waals surface area contributed by atoms with Crippen molar-refractivity contribution in [2.75, 3.05) is 11.4 Å². The van der Waals surface area contributed by atoms with Crippen LogP contribution in [0.3, 0.4) is 0 Å². The highest BCUT2D eigenvalue weighted by molar-refractivity contribution is 5.83. The Morgan fingerprint density at radius 2 is 1.88 bits per heavy atom. The summed E-state index contributed by atoms with van der Waals surface area (Å²) in [6, 6.07) is 14.1. The van der Waals surface area contributed by atoms with Gasteiger partial charge in [0.1, 0.15) is 6.04 Å². The second-order valence-corrected chi connectivity index (χ2v) is 9.62. The van der Waals surface area contributed by atoms with Crippen molar-refractivity contribution < 1.29 is 0 Å². The van der Waals surface area contributed by atoms with E-state index >= 15 is 0 Å². The fourth-order valence-corrected chi connectivity index (χ4v) is 4.67. The lowest BCUT2D eigenvalue weighted by Crippen LogP contribution is -2.37. The molecule has 164 valence electrons. The fourth-order valence-electron chi connectivity index (χ4n) is 4.67. The largest absolute Gasteiger partial charge is 0.357 e. The summed E-state index contributed by atoms with van der Waals surface area (Å²) in [5.41, 5.74) is 5.75. The van der Waals surface area contributed by atoms with Crippen molar-refractivity contribution in [2.45, 2.75) is 52.6 Å². The summed E-state index contributed by atoms with van der Waals surface area (Å²) in [5.74, 6) is 0.669. The molecule has 32 heavy (non-hydrogen) atoms. The van der Waals surface area contributed by atoms with Crippen LogP contribution in [0.25, 0.3) is 10.9 Å². The Kier molecular flexibility index (Phi) is 4.65. The quantitative estimate of drug-likeness (QED) is 0.533. The maximum atomic E-state index is 13.5. The van der Waals surface area contributed by atoms with Crippen LogP contribution in [-0.2, 0) is 12.0 Å². The summed E-state index contributed by atoms with van der Waals surface area (Å²) >= 11 is 0. The molecule has 7 nitrogen and oxygen atoms in total. The Morgan fingerprint density at radius 1 is 1.09 bits per heavy atom. The van der Waals surface area contributed by atoms with E-state index in [4.69, 9.17) is 0 Å². The third kappa shape index (κ3) is 3.20. The lowest BCUT2D eigenvalue weighted by molar-refractivity contribution is 0.329. The first-order valence-electron chi connectivity index (χ1n) is 11.0. The topological polar surface area (TPSA) is 79.7 Å². The molecule has 7 heteroatoms. The summed E-state index contributed by atoms with van der Waals surface area (Å²) in [6.07, 6.45) is 0.924. The molecule has 0 saturated heterocycles. The van der Waals surface area contributed by atoms with Gasteiger partial charge < -0.3 is 9.88 Å². The van der Waals surface area contributed by atoms with Crippen LogP contribution in [0.5, 0.6) is 0 Å². The molecule has 2 aromatic carbocycles. The number of anilines is 1. The maximum Gasteiger partial charge on any atom is 0.254 e. The molecule has 0 fully saturated rings. The SMILES string of the molecule is Cc1ccc2cc([C@H](c3nnnn3C(C)(C)C)N3CCc4ccccc43)c(=O)[nH]c2c1C. The van der Waals surface area contributed by atoms with Gasteiger partial charge in [0.25, 0.3) is 5.56 Å². The highest BCUT2D eigenvalue weighted by Crippen LogP contribution is 2.38. The third-order valence-electron chi connectivity index (χ3n) is 6.48. The Morgan fingerprint density at radius 3 is 2.66 bits per heavy atom. The number of tetrazole rings is 1. The van der Waals surface area contributed by atoms with Crippen LogP contribution < -0.4 is 10.5 Å². The van der Waals surface area contributed by atoms with E-state index in [1.54, 1.807) is 0 Å². The number of para-hydroxylation sites is 1. The van der Waals surface area contributed by atoms with Crippen molar-refractivity contribution in [2.24, 2.45) is 0 Å². The molecule has 0 spiro atoms. The number of aryl methyl sites for hydroxylation is 2. The zero-order valence-electron chi connectivity index (χ0n) is 19.2. The van der Waals surface area contributed by atoms with Crippen molar-refractivity contribution in [1.29, 1.82) is 0 Å². The Balaban J connectivity index is 1.77. The average Bonchev–Trinajstić information content (AvgIpc) is 3.40. The van der Waals surface area contributed by atoms with Crippen LogP contribution in [0, 0.1) is 13.8 Å². The molecule has 3 heterocycles. The molecule has 0 bridgehead atoms. The molecule has 1 atom stereocenters. The van der Waals surface area contributed by atoms with E-state index in [1.807, 2.05) is 23.7 Å². The average molecular weight is 429 g/mol. The molecule has 4 aromatic rings. The van der Waals surface area contributed by atoms with Gasteiger partial charge >= 0.3 is 0 Å². The highest BCUT2D eigenvalue weighted by Gasteiger charge is 2.36. The number of H-pyrrole nitrogens is 1. The van der Waals surface area contributed by atoms with Gasteiger partial charge in [-0.15, -0.1) is 5.10 Å². The van der Waals surface area contributed by atoms with E-state index in [-0.39, 0.29) is 11.1 Å². The van der Waals surface area contributed by atoms with Gasteiger partial charge in [-0.05, 0) is 85.7 Å². The number of aromatic amines is 1. The molecule has 0 radical (unpaired) electrons. The van der Waals surface area contributed by atoms with Crippen LogP contribution in [0.2, 0.25) is 0 Å². The molecule has 2 aromatic heterocycles. The predicted octanol–water partition coefficient (Wildman–Crippen LogP) is 4.04. The van der Waals surface area contributed by atoms with Gasteiger partial charge in [-0.1, -0.05) is 30.3 Å². The van der Waals surface area contributed by atoms with Crippen molar-refractivity contribution in [3.8, 4) is 0 Å². The Bertz CT molecular complexity index is 1380. The Hall–Kier alpha value is -3.48. The maximum absolute atomic E-state index is 13.5. The van der Waals surface area contributed by atoms with Gasteiger partial charge in [-0.25, -0.2) is 4.68 Å². The predicted molar refractivity (Wildman–Crippen MR) is 126 cm³/mol. The van der Waals surface area contributed by atoms with Crippen molar-refractivity contribution in [3.63, 3.8) is 0 Å². The zero-order valence-corrected chi connectivity index (χ0v) is 19.2. The van der Waals surface area contributed by atoms with Crippen LogP contribution >= 0.6 is 0 Å². The normalized spacial score (nSPS) is 14.7. The number of hydrogen-bond acceptors (Lipinski definition) is 5. The first-order chi connectivity index (χ1) is 15.3. The van der Waals surface area contributed by atoms with Crippen LogP contribution in [0.15, 0.2) is 47.3 Å². The molecule has 1 N–H and O–H groups in total. The second-order valence-electron chi connectivity index (χ2n) is 9.62.